The van der Waals surface area contributed by atoms with E-state index in [1.807, 2.05) is 24.3 Å². The molecule has 2 heterocycles. The zero-order valence-corrected chi connectivity index (χ0v) is 20.7. The van der Waals surface area contributed by atoms with Gasteiger partial charge in [-0.3, -0.25) is 9.59 Å². The fourth-order valence-corrected chi connectivity index (χ4v) is 5.38. The van der Waals surface area contributed by atoms with Gasteiger partial charge in [0.05, 0.1) is 39.9 Å². The van der Waals surface area contributed by atoms with Crippen LogP contribution in [0.2, 0.25) is 0 Å². The molecule has 4 rings (SSSR count). The Morgan fingerprint density at radius 3 is 2.88 bits per heavy atom. The number of amides is 2. The minimum Gasteiger partial charge on any atom is -0.483 e. The minimum absolute atomic E-state index is 0.0333. The number of thioether (sulfide) groups is 1. The lowest BCUT2D eigenvalue weighted by Gasteiger charge is -2.26. The highest BCUT2D eigenvalue weighted by molar-refractivity contribution is 9.10. The summed E-state index contributed by atoms with van der Waals surface area (Å²) in [5.74, 6) is 0.508. The van der Waals surface area contributed by atoms with Gasteiger partial charge in [-0.05, 0) is 51.8 Å². The van der Waals surface area contributed by atoms with Crippen LogP contribution in [0.1, 0.15) is 5.56 Å². The monoisotopic (exact) mass is 548 g/mol. The third-order valence-corrected chi connectivity index (χ3v) is 7.47. The second kappa shape index (κ2) is 11.6. The van der Waals surface area contributed by atoms with Crippen LogP contribution in [0.3, 0.4) is 0 Å². The van der Waals surface area contributed by atoms with Crippen molar-refractivity contribution >= 4 is 67.3 Å². The first-order chi connectivity index (χ1) is 16.1. The quantitative estimate of drug-likeness (QED) is 0.263. The maximum Gasteiger partial charge on any atom is 0.260 e. The van der Waals surface area contributed by atoms with Crippen molar-refractivity contribution in [3.8, 4) is 5.75 Å². The number of hydrazone groups is 1. The molecule has 11 heteroatoms. The Kier molecular flexibility index (Phi) is 8.32. The van der Waals surface area contributed by atoms with Gasteiger partial charge in [0, 0.05) is 13.1 Å². The van der Waals surface area contributed by atoms with E-state index in [0.717, 1.165) is 20.1 Å². The van der Waals surface area contributed by atoms with Gasteiger partial charge in [0.15, 0.2) is 10.9 Å². The summed E-state index contributed by atoms with van der Waals surface area (Å²) in [6.45, 7) is 2.25. The first-order valence-corrected chi connectivity index (χ1v) is 12.8. The zero-order valence-electron chi connectivity index (χ0n) is 17.5. The number of carbonyl (C=O) groups is 2. The van der Waals surface area contributed by atoms with Gasteiger partial charge in [-0.1, -0.05) is 23.9 Å². The van der Waals surface area contributed by atoms with Crippen molar-refractivity contribution in [1.29, 1.82) is 0 Å². The van der Waals surface area contributed by atoms with Crippen LogP contribution in [0.4, 0.5) is 0 Å². The maximum absolute atomic E-state index is 12.2. The first kappa shape index (κ1) is 23.7. The molecule has 0 bridgehead atoms. The zero-order chi connectivity index (χ0) is 23.0. The summed E-state index contributed by atoms with van der Waals surface area (Å²) in [6, 6.07) is 13.2. The summed E-state index contributed by atoms with van der Waals surface area (Å²) in [4.78, 5) is 30.5. The lowest BCUT2D eigenvalue weighted by atomic mass is 10.2. The van der Waals surface area contributed by atoms with Gasteiger partial charge >= 0.3 is 0 Å². The van der Waals surface area contributed by atoms with E-state index in [2.05, 4.69) is 31.4 Å². The summed E-state index contributed by atoms with van der Waals surface area (Å²) >= 11 is 6.40. The number of thiazole rings is 1. The number of fused-ring (bicyclic) bond motifs is 1. The van der Waals surface area contributed by atoms with Crippen molar-refractivity contribution in [3.05, 3.63) is 52.5 Å². The summed E-state index contributed by atoms with van der Waals surface area (Å²) in [7, 11) is 0. The fraction of sp³-hybridized carbons (Fsp3) is 0.273. The molecule has 1 saturated heterocycles. The van der Waals surface area contributed by atoms with Crippen molar-refractivity contribution in [2.24, 2.45) is 5.10 Å². The first-order valence-electron chi connectivity index (χ1n) is 10.2. The Hall–Kier alpha value is -2.47. The number of nitrogens with zero attached hydrogens (tertiary/aromatic N) is 3. The smallest absolute Gasteiger partial charge is 0.260 e. The van der Waals surface area contributed by atoms with Gasteiger partial charge in [-0.25, -0.2) is 10.4 Å². The van der Waals surface area contributed by atoms with Gasteiger partial charge < -0.3 is 14.4 Å². The number of halogens is 1. The van der Waals surface area contributed by atoms with E-state index in [1.54, 1.807) is 40.7 Å². The molecule has 0 spiro atoms. The normalized spacial score (nSPS) is 14.0. The minimum atomic E-state index is -0.212. The van der Waals surface area contributed by atoms with Crippen LogP contribution in [-0.2, 0) is 14.3 Å². The average Bonchev–Trinajstić information content (AvgIpc) is 3.26. The van der Waals surface area contributed by atoms with Crippen LogP contribution in [0.25, 0.3) is 10.2 Å². The Bertz CT molecular complexity index is 1130. The Morgan fingerprint density at radius 2 is 2.09 bits per heavy atom. The number of para-hydroxylation sites is 1. The number of ether oxygens (including phenoxy) is 2. The molecule has 2 amide bonds. The van der Waals surface area contributed by atoms with Crippen LogP contribution in [0.5, 0.6) is 5.75 Å². The maximum atomic E-state index is 12.2. The molecule has 0 radical (unpaired) electrons. The molecule has 2 aromatic carbocycles. The van der Waals surface area contributed by atoms with Crippen molar-refractivity contribution in [1.82, 2.24) is 15.3 Å². The second-order valence-corrected chi connectivity index (χ2v) is 10.1. The molecule has 1 N–H and O–H groups in total. The van der Waals surface area contributed by atoms with E-state index in [0.29, 0.717) is 36.5 Å². The number of hydrogen-bond acceptors (Lipinski definition) is 8. The molecular weight excluding hydrogens is 528 g/mol. The third-order valence-electron chi connectivity index (χ3n) is 4.67. The van der Waals surface area contributed by atoms with E-state index in [9.17, 15) is 9.59 Å². The van der Waals surface area contributed by atoms with Gasteiger partial charge in [0.2, 0.25) is 0 Å². The summed E-state index contributed by atoms with van der Waals surface area (Å²) in [6.07, 6.45) is 1.55. The van der Waals surface area contributed by atoms with E-state index in [1.165, 1.54) is 11.8 Å². The number of nitrogens with one attached hydrogen (secondary N) is 1. The molecule has 33 heavy (non-hydrogen) atoms. The molecule has 1 fully saturated rings. The predicted molar refractivity (Wildman–Crippen MR) is 133 cm³/mol. The molecule has 1 aromatic heterocycles. The largest absolute Gasteiger partial charge is 0.483 e. The molecule has 1 aliphatic rings. The lowest BCUT2D eigenvalue weighted by molar-refractivity contribution is -0.137. The summed E-state index contributed by atoms with van der Waals surface area (Å²) in [5.41, 5.74) is 4.23. The molecule has 1 aliphatic heterocycles. The highest BCUT2D eigenvalue weighted by atomic mass is 79.9. The number of carbonyl (C=O) groups excluding carboxylic acids is 2. The summed E-state index contributed by atoms with van der Waals surface area (Å²) < 4.78 is 13.5. The molecule has 0 saturated carbocycles. The number of benzene rings is 2. The highest BCUT2D eigenvalue weighted by Crippen LogP contribution is 2.29. The summed E-state index contributed by atoms with van der Waals surface area (Å²) in [5, 5.41) is 4.01. The van der Waals surface area contributed by atoms with Gasteiger partial charge in [-0.15, -0.1) is 11.3 Å². The van der Waals surface area contributed by atoms with E-state index in [-0.39, 0.29) is 24.2 Å². The number of aromatic nitrogens is 1. The molecule has 172 valence electrons. The van der Waals surface area contributed by atoms with Crippen molar-refractivity contribution in [3.63, 3.8) is 0 Å². The molecular formula is C22H21BrN4O4S2. The van der Waals surface area contributed by atoms with Crippen LogP contribution in [0.15, 0.2) is 56.4 Å². The van der Waals surface area contributed by atoms with Crippen LogP contribution in [0, 0.1) is 0 Å². The Labute approximate surface area is 207 Å². The predicted octanol–water partition coefficient (Wildman–Crippen LogP) is 3.54. The Balaban J connectivity index is 1.22. The topological polar surface area (TPSA) is 93.1 Å². The van der Waals surface area contributed by atoms with Gasteiger partial charge in [0.1, 0.15) is 5.75 Å². The average molecular weight is 549 g/mol. The molecule has 8 nitrogen and oxygen atoms in total. The molecule has 0 unspecified atom stereocenters. The van der Waals surface area contributed by atoms with Gasteiger partial charge in [0.25, 0.3) is 11.8 Å². The van der Waals surface area contributed by atoms with Crippen molar-refractivity contribution < 1.29 is 19.1 Å². The second-order valence-electron chi connectivity index (χ2n) is 7.00. The highest BCUT2D eigenvalue weighted by Gasteiger charge is 2.17. The Morgan fingerprint density at radius 1 is 1.27 bits per heavy atom. The number of hydrogen-bond donors (Lipinski definition) is 1. The molecule has 3 aromatic rings. The van der Waals surface area contributed by atoms with Gasteiger partial charge in [-0.2, -0.15) is 5.10 Å². The van der Waals surface area contributed by atoms with Crippen molar-refractivity contribution in [2.75, 3.05) is 38.7 Å². The van der Waals surface area contributed by atoms with Crippen LogP contribution >= 0.6 is 39.0 Å². The van der Waals surface area contributed by atoms with Crippen molar-refractivity contribution in [2.45, 2.75) is 4.34 Å². The number of rotatable bonds is 8. The number of morpholine rings is 1. The third kappa shape index (κ3) is 6.76. The van der Waals surface area contributed by atoms with E-state index >= 15 is 0 Å². The fourth-order valence-electron chi connectivity index (χ4n) is 3.01. The lowest BCUT2D eigenvalue weighted by Crippen LogP contribution is -2.43. The van der Waals surface area contributed by atoms with Crippen LogP contribution < -0.4 is 10.2 Å². The molecule has 0 atom stereocenters. The van der Waals surface area contributed by atoms with Crippen LogP contribution in [-0.4, -0.2) is 66.6 Å². The standard InChI is InChI=1S/C22H21BrN4O4S2/c23-16-11-15(5-6-18(16)31-13-21(29)27-7-9-30-10-8-27)12-24-26-20(28)14-32-22-25-17-3-1-2-4-19(17)33-22/h1-6,11-12H,7-10,13-14H2,(H,26,28)/b24-12+. The molecule has 0 aliphatic carbocycles. The van der Waals surface area contributed by atoms with E-state index in [4.69, 9.17) is 9.47 Å². The van der Waals surface area contributed by atoms with E-state index < -0.39 is 0 Å². The SMILES string of the molecule is O=C(CSc1nc2ccccc2s1)N/N=C/c1ccc(OCC(=O)N2CCOCC2)c(Br)c1.